The lowest BCUT2D eigenvalue weighted by atomic mass is 9.80. The molecule has 1 atom stereocenters. The van der Waals surface area contributed by atoms with E-state index in [9.17, 15) is 18.0 Å². The van der Waals surface area contributed by atoms with Gasteiger partial charge in [-0.25, -0.2) is 4.68 Å². The van der Waals surface area contributed by atoms with Crippen molar-refractivity contribution in [2.24, 2.45) is 13.0 Å². The molecule has 1 aromatic carbocycles. The van der Waals surface area contributed by atoms with Crippen LogP contribution in [0.3, 0.4) is 0 Å². The molecule has 1 aromatic heterocycles. The van der Waals surface area contributed by atoms with Gasteiger partial charge in [0.15, 0.2) is 11.9 Å². The van der Waals surface area contributed by atoms with E-state index in [1.54, 1.807) is 23.9 Å². The lowest BCUT2D eigenvalue weighted by molar-refractivity contribution is -0.191. The molecule has 1 amide bonds. The Bertz CT molecular complexity index is 815. The molecule has 28 heavy (non-hydrogen) atoms. The number of aryl methyl sites for hydroxylation is 1. The van der Waals surface area contributed by atoms with Crippen molar-refractivity contribution in [1.82, 2.24) is 25.1 Å². The van der Waals surface area contributed by atoms with E-state index in [1.807, 2.05) is 0 Å². The summed E-state index contributed by atoms with van der Waals surface area (Å²) < 4.78 is 43.5. The number of hydrogen-bond acceptors (Lipinski definition) is 4. The number of rotatable bonds is 4. The SMILES string of the molecule is CN(C(=O)C1CCC(c2nnnn2C)CC1)[C@H](c1ccc(Br)cc1)C(F)(F)F. The van der Waals surface area contributed by atoms with Gasteiger partial charge in [0.1, 0.15) is 0 Å². The van der Waals surface area contributed by atoms with E-state index in [2.05, 4.69) is 31.5 Å². The van der Waals surface area contributed by atoms with Gasteiger partial charge in [0.05, 0.1) is 0 Å². The van der Waals surface area contributed by atoms with Crippen LogP contribution in [-0.2, 0) is 11.8 Å². The fraction of sp³-hybridized carbons (Fsp3) is 0.556. The van der Waals surface area contributed by atoms with Gasteiger partial charge >= 0.3 is 6.18 Å². The number of benzene rings is 1. The summed E-state index contributed by atoms with van der Waals surface area (Å²) in [6.07, 6.45) is -2.17. The van der Waals surface area contributed by atoms with E-state index < -0.39 is 24.0 Å². The molecular weight excluding hydrogens is 439 g/mol. The van der Waals surface area contributed by atoms with E-state index in [1.165, 1.54) is 19.2 Å². The maximum absolute atomic E-state index is 13.7. The molecule has 152 valence electrons. The average Bonchev–Trinajstić information content (AvgIpc) is 3.08. The van der Waals surface area contributed by atoms with E-state index >= 15 is 0 Å². The first kappa shape index (κ1) is 20.8. The van der Waals surface area contributed by atoms with Gasteiger partial charge in [-0.3, -0.25) is 4.79 Å². The monoisotopic (exact) mass is 459 g/mol. The molecule has 0 radical (unpaired) electrons. The summed E-state index contributed by atoms with van der Waals surface area (Å²) in [7, 11) is 2.99. The third kappa shape index (κ3) is 4.37. The molecule has 0 bridgehead atoms. The standard InChI is InChI=1S/C18H21BrF3N5O/c1-26(15(18(20,21)22)11-7-9-14(19)10-8-11)17(28)13-5-3-12(4-6-13)16-23-24-25-27(16)2/h7-10,12-13,15H,3-6H2,1-2H3/t12?,13?,15-/m1/s1. The molecule has 0 aliphatic heterocycles. The Labute approximate surface area is 169 Å². The molecule has 1 heterocycles. The second-order valence-corrected chi connectivity index (χ2v) is 8.07. The smallest absolute Gasteiger partial charge is 0.330 e. The number of nitrogens with zero attached hydrogens (tertiary/aromatic N) is 5. The molecular formula is C18H21BrF3N5O. The molecule has 0 N–H and O–H groups in total. The van der Waals surface area contributed by atoms with Crippen molar-refractivity contribution in [3.05, 3.63) is 40.1 Å². The van der Waals surface area contributed by atoms with Crippen molar-refractivity contribution in [2.75, 3.05) is 7.05 Å². The number of tetrazole rings is 1. The zero-order chi connectivity index (χ0) is 20.5. The minimum atomic E-state index is -4.56. The molecule has 2 aromatic rings. The van der Waals surface area contributed by atoms with Crippen LogP contribution < -0.4 is 0 Å². The quantitative estimate of drug-likeness (QED) is 0.692. The highest BCUT2D eigenvalue weighted by atomic mass is 79.9. The van der Waals surface area contributed by atoms with E-state index in [0.717, 1.165) is 10.7 Å². The lowest BCUT2D eigenvalue weighted by Crippen LogP contribution is -2.43. The van der Waals surface area contributed by atoms with E-state index in [4.69, 9.17) is 0 Å². The highest BCUT2D eigenvalue weighted by Crippen LogP contribution is 2.40. The molecule has 0 saturated heterocycles. The molecule has 0 unspecified atom stereocenters. The first-order valence-electron chi connectivity index (χ1n) is 8.99. The molecule has 3 rings (SSSR count). The molecule has 6 nitrogen and oxygen atoms in total. The summed E-state index contributed by atoms with van der Waals surface area (Å²) in [4.78, 5) is 13.7. The Morgan fingerprint density at radius 3 is 2.32 bits per heavy atom. The normalized spacial score (nSPS) is 21.4. The third-order valence-electron chi connectivity index (χ3n) is 5.33. The molecule has 1 saturated carbocycles. The maximum Gasteiger partial charge on any atom is 0.413 e. The van der Waals surface area contributed by atoms with Gasteiger partial charge in [-0.15, -0.1) is 5.10 Å². The van der Waals surface area contributed by atoms with Crippen LogP contribution in [0.5, 0.6) is 0 Å². The van der Waals surface area contributed by atoms with Crippen molar-refractivity contribution in [1.29, 1.82) is 0 Å². The second kappa shape index (κ2) is 8.18. The average molecular weight is 460 g/mol. The summed E-state index contributed by atoms with van der Waals surface area (Å²) >= 11 is 3.22. The highest BCUT2D eigenvalue weighted by molar-refractivity contribution is 9.10. The van der Waals surface area contributed by atoms with Gasteiger partial charge in [-0.2, -0.15) is 13.2 Å². The van der Waals surface area contributed by atoms with Crippen LogP contribution >= 0.6 is 15.9 Å². The first-order chi connectivity index (χ1) is 13.2. The lowest BCUT2D eigenvalue weighted by Gasteiger charge is -2.35. The number of halogens is 4. The van der Waals surface area contributed by atoms with Gasteiger partial charge in [0.2, 0.25) is 5.91 Å². The summed E-state index contributed by atoms with van der Waals surface area (Å²) in [6.45, 7) is 0. The fourth-order valence-electron chi connectivity index (χ4n) is 3.87. The van der Waals surface area contributed by atoms with Crippen molar-refractivity contribution >= 4 is 21.8 Å². The van der Waals surface area contributed by atoms with Crippen LogP contribution in [0.4, 0.5) is 13.2 Å². The van der Waals surface area contributed by atoms with Crippen LogP contribution in [0.2, 0.25) is 0 Å². The third-order valence-corrected chi connectivity index (χ3v) is 5.85. The van der Waals surface area contributed by atoms with Crippen LogP contribution in [-0.4, -0.2) is 44.2 Å². The minimum absolute atomic E-state index is 0.0467. The summed E-state index contributed by atoms with van der Waals surface area (Å²) in [5, 5.41) is 11.5. The van der Waals surface area contributed by atoms with E-state index in [0.29, 0.717) is 30.2 Å². The zero-order valence-electron chi connectivity index (χ0n) is 15.5. The Morgan fingerprint density at radius 2 is 1.82 bits per heavy atom. The Balaban J connectivity index is 1.71. The van der Waals surface area contributed by atoms with Gasteiger partial charge < -0.3 is 4.90 Å². The van der Waals surface area contributed by atoms with Crippen molar-refractivity contribution in [3.63, 3.8) is 0 Å². The Hall–Kier alpha value is -1.97. The topological polar surface area (TPSA) is 63.9 Å². The van der Waals surface area contributed by atoms with Crippen LogP contribution in [0.1, 0.15) is 49.0 Å². The number of hydrogen-bond donors (Lipinski definition) is 0. The highest BCUT2D eigenvalue weighted by Gasteiger charge is 2.46. The second-order valence-electron chi connectivity index (χ2n) is 7.15. The number of alkyl halides is 3. The van der Waals surface area contributed by atoms with Gasteiger partial charge in [0, 0.05) is 30.4 Å². The number of amides is 1. The number of aromatic nitrogens is 4. The predicted octanol–water partition coefficient (Wildman–Crippen LogP) is 4.01. The fourth-order valence-corrected chi connectivity index (χ4v) is 4.14. The summed E-state index contributed by atoms with van der Waals surface area (Å²) in [5.41, 5.74) is 0.0467. The van der Waals surface area contributed by atoms with E-state index in [-0.39, 0.29) is 11.5 Å². The van der Waals surface area contributed by atoms with Gasteiger partial charge in [-0.1, -0.05) is 28.1 Å². The minimum Gasteiger partial charge on any atom is -0.330 e. The Morgan fingerprint density at radius 1 is 1.21 bits per heavy atom. The molecule has 1 aliphatic carbocycles. The number of carbonyl (C=O) groups is 1. The van der Waals surface area contributed by atoms with Crippen LogP contribution in [0, 0.1) is 5.92 Å². The van der Waals surface area contributed by atoms with Crippen molar-refractivity contribution in [2.45, 2.75) is 43.8 Å². The summed E-state index contributed by atoms with van der Waals surface area (Å²) in [6, 6.07) is 3.92. The van der Waals surface area contributed by atoms with Crippen molar-refractivity contribution in [3.8, 4) is 0 Å². The van der Waals surface area contributed by atoms with Crippen LogP contribution in [0.25, 0.3) is 0 Å². The Kier molecular flexibility index (Phi) is 6.07. The summed E-state index contributed by atoms with van der Waals surface area (Å²) in [5.74, 6) is -0.0240. The van der Waals surface area contributed by atoms with Crippen molar-refractivity contribution < 1.29 is 18.0 Å². The molecule has 1 aliphatic rings. The van der Waals surface area contributed by atoms with Crippen LogP contribution in [0.15, 0.2) is 28.7 Å². The zero-order valence-corrected chi connectivity index (χ0v) is 17.1. The van der Waals surface area contributed by atoms with Gasteiger partial charge in [-0.05, 0) is 53.8 Å². The number of carbonyl (C=O) groups excluding carboxylic acids is 1. The maximum atomic E-state index is 13.7. The predicted molar refractivity (Wildman–Crippen MR) is 99.2 cm³/mol. The van der Waals surface area contributed by atoms with Gasteiger partial charge in [0.25, 0.3) is 0 Å². The largest absolute Gasteiger partial charge is 0.413 e. The molecule has 10 heteroatoms. The molecule has 0 spiro atoms. The first-order valence-corrected chi connectivity index (χ1v) is 9.79. The molecule has 1 fully saturated rings.